The number of nitrogens with one attached hydrogen (secondary N) is 1. The Balaban J connectivity index is 2.17. The Kier molecular flexibility index (Phi) is 8.84. The summed E-state index contributed by atoms with van der Waals surface area (Å²) in [5.74, 6) is 0.709. The molecule has 1 fully saturated rings. The number of nitrogens with zero attached hydrogens (tertiary/aromatic N) is 2. The highest BCUT2D eigenvalue weighted by Crippen LogP contribution is 2.18. The molecule has 0 aromatic carbocycles. The molecule has 0 aliphatic carbocycles. The van der Waals surface area contributed by atoms with Gasteiger partial charge in [-0.2, -0.15) is 0 Å². The Bertz CT molecular complexity index is 292. The molecule has 0 spiro atoms. The number of amides is 1. The van der Waals surface area contributed by atoms with Crippen molar-refractivity contribution in [1.29, 1.82) is 0 Å². The highest BCUT2D eigenvalue weighted by molar-refractivity contribution is 5.77. The third kappa shape index (κ3) is 7.76. The first-order valence-electron chi connectivity index (χ1n) is 7.87. The highest BCUT2D eigenvalue weighted by Gasteiger charge is 2.22. The van der Waals surface area contributed by atoms with E-state index in [0.717, 1.165) is 39.0 Å². The van der Waals surface area contributed by atoms with Gasteiger partial charge in [-0.3, -0.25) is 4.79 Å². The maximum absolute atomic E-state index is 12.0. The number of aliphatic hydroxyl groups is 1. The smallest absolute Gasteiger partial charge is 0.236 e. The number of ether oxygens (including phenoxy) is 1. The van der Waals surface area contributed by atoms with Crippen LogP contribution in [0.3, 0.4) is 0 Å². The fourth-order valence-corrected chi connectivity index (χ4v) is 2.72. The molecule has 0 aromatic heterocycles. The molecule has 0 aromatic rings. The lowest BCUT2D eigenvalue weighted by molar-refractivity contribution is -0.129. The van der Waals surface area contributed by atoms with Crippen LogP contribution in [0.2, 0.25) is 0 Å². The molecule has 6 heteroatoms. The van der Waals surface area contributed by atoms with E-state index in [2.05, 4.69) is 10.2 Å². The van der Waals surface area contributed by atoms with Gasteiger partial charge in [-0.05, 0) is 38.8 Å². The van der Waals surface area contributed by atoms with E-state index in [1.165, 1.54) is 0 Å². The molecule has 0 bridgehead atoms. The standard InChI is InChI=1S/C15H31N3O3/c1-13(19)11-18-7-4-14(5-8-18)12-17(2)15(20)10-16-6-9-21-3/h13-14,16,19H,4-12H2,1-3H3. The van der Waals surface area contributed by atoms with E-state index in [-0.39, 0.29) is 12.0 Å². The Morgan fingerprint density at radius 2 is 2.14 bits per heavy atom. The lowest BCUT2D eigenvalue weighted by atomic mass is 9.96. The van der Waals surface area contributed by atoms with Gasteiger partial charge in [0.2, 0.25) is 5.91 Å². The van der Waals surface area contributed by atoms with Crippen LogP contribution in [-0.4, -0.2) is 87.0 Å². The number of methoxy groups -OCH3 is 1. The van der Waals surface area contributed by atoms with E-state index in [1.807, 2.05) is 18.9 Å². The normalized spacial score (nSPS) is 18.7. The van der Waals surface area contributed by atoms with Crippen molar-refractivity contribution in [2.45, 2.75) is 25.9 Å². The van der Waals surface area contributed by atoms with Crippen molar-refractivity contribution in [2.24, 2.45) is 5.92 Å². The number of carbonyl (C=O) groups excluding carboxylic acids is 1. The third-order valence-corrected chi connectivity index (χ3v) is 3.95. The van der Waals surface area contributed by atoms with Crippen LogP contribution in [-0.2, 0) is 9.53 Å². The van der Waals surface area contributed by atoms with Crippen LogP contribution in [0.15, 0.2) is 0 Å². The van der Waals surface area contributed by atoms with Crippen LogP contribution < -0.4 is 5.32 Å². The lowest BCUT2D eigenvalue weighted by Crippen LogP contribution is -2.43. The monoisotopic (exact) mass is 301 g/mol. The third-order valence-electron chi connectivity index (χ3n) is 3.95. The van der Waals surface area contributed by atoms with Crippen molar-refractivity contribution in [3.63, 3.8) is 0 Å². The predicted octanol–water partition coefficient (Wildman–Crippen LogP) is -0.226. The van der Waals surface area contributed by atoms with Crippen molar-refractivity contribution >= 4 is 5.91 Å². The highest BCUT2D eigenvalue weighted by atomic mass is 16.5. The SMILES string of the molecule is COCCNCC(=O)N(C)CC1CCN(CC(C)O)CC1. The van der Waals surface area contributed by atoms with E-state index in [0.29, 0.717) is 25.6 Å². The van der Waals surface area contributed by atoms with E-state index in [4.69, 9.17) is 4.74 Å². The van der Waals surface area contributed by atoms with Gasteiger partial charge >= 0.3 is 0 Å². The summed E-state index contributed by atoms with van der Waals surface area (Å²) in [6, 6.07) is 0. The summed E-state index contributed by atoms with van der Waals surface area (Å²) >= 11 is 0. The van der Waals surface area contributed by atoms with Crippen LogP contribution >= 0.6 is 0 Å². The van der Waals surface area contributed by atoms with E-state index >= 15 is 0 Å². The van der Waals surface area contributed by atoms with Gasteiger partial charge < -0.3 is 25.0 Å². The molecule has 0 radical (unpaired) electrons. The Morgan fingerprint density at radius 1 is 1.48 bits per heavy atom. The molecule has 0 saturated carbocycles. The van der Waals surface area contributed by atoms with Crippen molar-refractivity contribution in [2.75, 3.05) is 60.0 Å². The number of likely N-dealkylation sites (tertiary alicyclic amines) is 1. The molecule has 1 aliphatic rings. The van der Waals surface area contributed by atoms with Crippen molar-refractivity contribution in [3.8, 4) is 0 Å². The summed E-state index contributed by atoms with van der Waals surface area (Å²) in [7, 11) is 3.53. The number of hydrogen-bond donors (Lipinski definition) is 2. The fraction of sp³-hybridized carbons (Fsp3) is 0.933. The summed E-state index contributed by atoms with van der Waals surface area (Å²) < 4.78 is 4.93. The summed E-state index contributed by atoms with van der Waals surface area (Å²) in [5.41, 5.74) is 0. The molecule has 6 nitrogen and oxygen atoms in total. The average Bonchev–Trinajstić information content (AvgIpc) is 2.45. The molecule has 1 rings (SSSR count). The second kappa shape index (κ2) is 10.1. The van der Waals surface area contributed by atoms with Crippen LogP contribution in [0.25, 0.3) is 0 Å². The van der Waals surface area contributed by atoms with Crippen molar-refractivity contribution in [1.82, 2.24) is 15.1 Å². The zero-order chi connectivity index (χ0) is 15.7. The Hall–Kier alpha value is -0.690. The largest absolute Gasteiger partial charge is 0.392 e. The van der Waals surface area contributed by atoms with Crippen LogP contribution in [0.4, 0.5) is 0 Å². The molecule has 1 saturated heterocycles. The molecule has 1 unspecified atom stereocenters. The molecule has 2 N–H and O–H groups in total. The minimum absolute atomic E-state index is 0.137. The van der Waals surface area contributed by atoms with Crippen LogP contribution in [0.1, 0.15) is 19.8 Å². The second-order valence-electron chi connectivity index (χ2n) is 6.04. The van der Waals surface area contributed by atoms with Gasteiger partial charge in [0.1, 0.15) is 0 Å². The summed E-state index contributed by atoms with van der Waals surface area (Å²) in [4.78, 5) is 16.1. The molecule has 1 heterocycles. The summed E-state index contributed by atoms with van der Waals surface area (Å²) in [6.07, 6.45) is 1.94. The number of piperidine rings is 1. The average molecular weight is 301 g/mol. The first-order valence-corrected chi connectivity index (χ1v) is 7.87. The topological polar surface area (TPSA) is 65.0 Å². The molecular weight excluding hydrogens is 270 g/mol. The molecular formula is C15H31N3O3. The van der Waals surface area contributed by atoms with Gasteiger partial charge in [-0.15, -0.1) is 0 Å². The van der Waals surface area contributed by atoms with Gasteiger partial charge in [-0.1, -0.05) is 0 Å². The minimum atomic E-state index is -0.260. The Morgan fingerprint density at radius 3 is 2.71 bits per heavy atom. The van der Waals surface area contributed by atoms with E-state index in [9.17, 15) is 9.90 Å². The maximum Gasteiger partial charge on any atom is 0.236 e. The molecule has 1 aliphatic heterocycles. The van der Waals surface area contributed by atoms with Gasteiger partial charge in [0, 0.05) is 33.8 Å². The van der Waals surface area contributed by atoms with Gasteiger partial charge in [0.25, 0.3) is 0 Å². The predicted molar refractivity (Wildman–Crippen MR) is 83.2 cm³/mol. The number of likely N-dealkylation sites (N-methyl/N-ethyl adjacent to an activating group) is 1. The Labute approximate surface area is 128 Å². The zero-order valence-electron chi connectivity index (χ0n) is 13.7. The summed E-state index contributed by atoms with van der Waals surface area (Å²) in [5, 5.41) is 12.5. The number of aliphatic hydroxyl groups excluding tert-OH is 1. The minimum Gasteiger partial charge on any atom is -0.392 e. The number of rotatable bonds is 9. The molecule has 21 heavy (non-hydrogen) atoms. The lowest BCUT2D eigenvalue weighted by Gasteiger charge is -2.34. The van der Waals surface area contributed by atoms with Crippen molar-refractivity contribution < 1.29 is 14.6 Å². The van der Waals surface area contributed by atoms with Gasteiger partial charge in [-0.25, -0.2) is 0 Å². The second-order valence-corrected chi connectivity index (χ2v) is 6.04. The maximum atomic E-state index is 12.0. The first-order chi connectivity index (χ1) is 10.0. The van der Waals surface area contributed by atoms with Crippen molar-refractivity contribution in [3.05, 3.63) is 0 Å². The first kappa shape index (κ1) is 18.4. The fourth-order valence-electron chi connectivity index (χ4n) is 2.72. The quantitative estimate of drug-likeness (QED) is 0.576. The van der Waals surface area contributed by atoms with Crippen LogP contribution in [0.5, 0.6) is 0 Å². The molecule has 1 atom stereocenters. The molecule has 124 valence electrons. The number of carbonyl (C=O) groups is 1. The number of hydrogen-bond acceptors (Lipinski definition) is 5. The van der Waals surface area contributed by atoms with E-state index in [1.54, 1.807) is 7.11 Å². The van der Waals surface area contributed by atoms with Crippen LogP contribution in [0, 0.1) is 5.92 Å². The van der Waals surface area contributed by atoms with Gasteiger partial charge in [0.15, 0.2) is 0 Å². The van der Waals surface area contributed by atoms with E-state index < -0.39 is 0 Å². The number of β-amino-alcohol motifs (C(OH)–C–C–N with tert-alkyl or cyclic N) is 1. The van der Waals surface area contributed by atoms with Gasteiger partial charge in [0.05, 0.1) is 19.3 Å². The molecule has 1 amide bonds. The zero-order valence-corrected chi connectivity index (χ0v) is 13.7. The summed E-state index contributed by atoms with van der Waals surface area (Å²) in [6.45, 7) is 7.15.